The molecule has 35 heavy (non-hydrogen) atoms. The number of hydrogen-bond acceptors (Lipinski definition) is 5. The number of sulfone groups is 1. The number of nitrogens with one attached hydrogen (secondary N) is 2. The summed E-state index contributed by atoms with van der Waals surface area (Å²) in [5, 5.41) is 10.0. The van der Waals surface area contributed by atoms with Crippen molar-refractivity contribution < 1.29 is 17.6 Å². The number of benzene rings is 3. The van der Waals surface area contributed by atoms with Crippen molar-refractivity contribution in [3.63, 3.8) is 0 Å². The first kappa shape index (κ1) is 24.3. The van der Waals surface area contributed by atoms with Gasteiger partial charge in [-0.25, -0.2) is 17.5 Å². The normalized spacial score (nSPS) is 11.4. The van der Waals surface area contributed by atoms with Gasteiger partial charge in [-0.15, -0.1) is 0 Å². The molecule has 0 aliphatic rings. The number of carbonyl (C=O) groups excluding carboxylic acids is 1. The summed E-state index contributed by atoms with van der Waals surface area (Å²) in [6.07, 6.45) is 0.944. The molecular formula is C26H25FN4O3S. The quantitative estimate of drug-likeness (QED) is 0.400. The second-order valence-electron chi connectivity index (χ2n) is 8.18. The van der Waals surface area contributed by atoms with E-state index < -0.39 is 26.5 Å². The van der Waals surface area contributed by atoms with E-state index in [9.17, 15) is 13.2 Å². The van der Waals surface area contributed by atoms with Crippen LogP contribution in [0.4, 0.5) is 10.1 Å². The van der Waals surface area contributed by atoms with Gasteiger partial charge in [-0.1, -0.05) is 48.5 Å². The van der Waals surface area contributed by atoms with E-state index >= 15 is 4.39 Å². The molecule has 7 nitrogen and oxygen atoms in total. The minimum absolute atomic E-state index is 0.191. The van der Waals surface area contributed by atoms with Crippen LogP contribution in [0.15, 0.2) is 77.7 Å². The van der Waals surface area contributed by atoms with Crippen LogP contribution in [0.25, 0.3) is 16.8 Å². The second-order valence-corrected chi connectivity index (χ2v) is 10.1. The lowest BCUT2D eigenvalue weighted by Crippen LogP contribution is -2.19. The average molecular weight is 493 g/mol. The molecule has 0 fully saturated rings. The van der Waals surface area contributed by atoms with Crippen LogP contribution in [0.5, 0.6) is 0 Å². The van der Waals surface area contributed by atoms with Crippen LogP contribution in [-0.2, 0) is 16.4 Å². The molecule has 0 saturated heterocycles. The molecule has 4 rings (SSSR count). The van der Waals surface area contributed by atoms with Crippen molar-refractivity contribution in [1.29, 1.82) is 0 Å². The predicted molar refractivity (Wildman–Crippen MR) is 134 cm³/mol. The van der Waals surface area contributed by atoms with Gasteiger partial charge in [-0.05, 0) is 49.4 Å². The topological polar surface area (TPSA) is 93.1 Å². The number of amides is 1. The summed E-state index contributed by atoms with van der Waals surface area (Å²) in [5.74, 6) is -1.63. The summed E-state index contributed by atoms with van der Waals surface area (Å²) in [4.78, 5) is 12.7. The van der Waals surface area contributed by atoms with Crippen molar-refractivity contribution in [2.45, 2.75) is 18.4 Å². The van der Waals surface area contributed by atoms with Gasteiger partial charge in [-0.2, -0.15) is 5.10 Å². The van der Waals surface area contributed by atoms with E-state index in [1.165, 1.54) is 16.8 Å². The molecule has 0 aliphatic carbocycles. The molecule has 1 aromatic heterocycles. The number of anilines is 1. The van der Waals surface area contributed by atoms with Crippen molar-refractivity contribution >= 4 is 21.4 Å². The van der Waals surface area contributed by atoms with Crippen LogP contribution < -0.4 is 10.6 Å². The highest BCUT2D eigenvalue weighted by Gasteiger charge is 2.25. The molecule has 4 aromatic rings. The van der Waals surface area contributed by atoms with Crippen molar-refractivity contribution in [3.8, 4) is 16.8 Å². The number of nitrogens with zero attached hydrogens (tertiary/aromatic N) is 2. The Hall–Kier alpha value is -3.82. The van der Waals surface area contributed by atoms with E-state index in [-0.39, 0.29) is 16.9 Å². The van der Waals surface area contributed by atoms with Crippen LogP contribution in [0.3, 0.4) is 0 Å². The van der Waals surface area contributed by atoms with E-state index in [0.717, 1.165) is 11.8 Å². The van der Waals surface area contributed by atoms with Crippen molar-refractivity contribution in [1.82, 2.24) is 15.1 Å². The Balaban J connectivity index is 1.74. The second kappa shape index (κ2) is 9.81. The van der Waals surface area contributed by atoms with Gasteiger partial charge in [0.05, 0.1) is 17.1 Å². The highest BCUT2D eigenvalue weighted by atomic mass is 32.2. The summed E-state index contributed by atoms with van der Waals surface area (Å²) in [5.41, 5.74) is 3.02. The maximum absolute atomic E-state index is 15.5. The van der Waals surface area contributed by atoms with Gasteiger partial charge in [0, 0.05) is 18.4 Å². The summed E-state index contributed by atoms with van der Waals surface area (Å²) in [7, 11) is -2.10. The van der Waals surface area contributed by atoms with E-state index in [2.05, 4.69) is 15.7 Å². The lowest BCUT2D eigenvalue weighted by atomic mass is 10.0. The molecule has 0 radical (unpaired) electrons. The molecule has 9 heteroatoms. The Morgan fingerprint density at radius 1 is 1.03 bits per heavy atom. The summed E-state index contributed by atoms with van der Waals surface area (Å²) >= 11 is 0. The van der Waals surface area contributed by atoms with Crippen LogP contribution in [0.2, 0.25) is 0 Å². The van der Waals surface area contributed by atoms with Crippen LogP contribution in [-0.4, -0.2) is 37.4 Å². The Bertz CT molecular complexity index is 1500. The molecule has 180 valence electrons. The third-order valence-corrected chi connectivity index (χ3v) is 6.54. The zero-order valence-corrected chi connectivity index (χ0v) is 20.4. The Morgan fingerprint density at radius 2 is 1.77 bits per heavy atom. The van der Waals surface area contributed by atoms with Crippen LogP contribution in [0.1, 0.15) is 21.7 Å². The zero-order chi connectivity index (χ0) is 25.2. The van der Waals surface area contributed by atoms with Gasteiger partial charge in [0.25, 0.3) is 5.91 Å². The van der Waals surface area contributed by atoms with Crippen molar-refractivity contribution in [2.75, 3.05) is 18.6 Å². The summed E-state index contributed by atoms with van der Waals surface area (Å²) in [6, 6.07) is 20.6. The first-order chi connectivity index (χ1) is 16.7. The lowest BCUT2D eigenvalue weighted by Gasteiger charge is -2.14. The monoisotopic (exact) mass is 492 g/mol. The lowest BCUT2D eigenvalue weighted by molar-refractivity contribution is 0.101. The number of hydrogen-bond donors (Lipinski definition) is 2. The fourth-order valence-electron chi connectivity index (χ4n) is 3.91. The number of aromatic nitrogens is 2. The van der Waals surface area contributed by atoms with Gasteiger partial charge in [0.15, 0.2) is 15.7 Å². The Kier molecular flexibility index (Phi) is 6.81. The molecule has 0 bridgehead atoms. The first-order valence-electron chi connectivity index (χ1n) is 10.9. The van der Waals surface area contributed by atoms with E-state index in [1.807, 2.05) is 31.3 Å². The smallest absolute Gasteiger partial charge is 0.274 e. The van der Waals surface area contributed by atoms with Gasteiger partial charge in [0.1, 0.15) is 10.6 Å². The molecule has 2 N–H and O–H groups in total. The van der Waals surface area contributed by atoms with Crippen LogP contribution >= 0.6 is 0 Å². The molecule has 0 aliphatic heterocycles. The maximum atomic E-state index is 15.5. The number of halogens is 1. The average Bonchev–Trinajstić information content (AvgIpc) is 3.22. The van der Waals surface area contributed by atoms with Crippen molar-refractivity contribution in [3.05, 3.63) is 95.6 Å². The van der Waals surface area contributed by atoms with Gasteiger partial charge >= 0.3 is 0 Å². The molecular weight excluding hydrogens is 467 g/mol. The predicted octanol–water partition coefficient (Wildman–Crippen LogP) is 4.36. The molecule has 0 spiro atoms. The standard InChI is InChI=1S/C26H25FN4O3S/c1-17-14-23(31(30-17)20-11-7-8-18(15-20)16-28-2)26(32)29-22-13-12-21(19-9-5-4-6-10-19)25(24(22)27)35(3,33)34/h4-15,28H,16H2,1-3H3,(H,29,32). The Labute approximate surface area is 203 Å². The molecule has 1 amide bonds. The minimum atomic E-state index is -3.94. The SMILES string of the molecule is CNCc1cccc(-n2nc(C)cc2C(=O)Nc2ccc(-c3ccccc3)c(S(C)(=O)=O)c2F)c1. The number of aryl methyl sites for hydroxylation is 1. The van der Waals surface area contributed by atoms with E-state index in [4.69, 9.17) is 0 Å². The fourth-order valence-corrected chi connectivity index (χ4v) is 4.93. The Morgan fingerprint density at radius 3 is 2.46 bits per heavy atom. The molecule has 1 heterocycles. The number of rotatable bonds is 7. The fraction of sp³-hybridized carbons (Fsp3) is 0.154. The number of carbonyl (C=O) groups is 1. The maximum Gasteiger partial charge on any atom is 0.274 e. The van der Waals surface area contributed by atoms with E-state index in [1.54, 1.807) is 43.3 Å². The molecule has 0 unspecified atom stereocenters. The summed E-state index contributed by atoms with van der Waals surface area (Å²) < 4.78 is 42.0. The highest BCUT2D eigenvalue weighted by Crippen LogP contribution is 2.33. The van der Waals surface area contributed by atoms with E-state index in [0.29, 0.717) is 23.5 Å². The third kappa shape index (κ3) is 5.16. The molecule has 0 saturated carbocycles. The van der Waals surface area contributed by atoms with Crippen LogP contribution in [0, 0.1) is 12.7 Å². The zero-order valence-electron chi connectivity index (χ0n) is 19.5. The van der Waals surface area contributed by atoms with Gasteiger partial charge < -0.3 is 10.6 Å². The van der Waals surface area contributed by atoms with Gasteiger partial charge in [-0.3, -0.25) is 4.79 Å². The highest BCUT2D eigenvalue weighted by molar-refractivity contribution is 7.90. The minimum Gasteiger partial charge on any atom is -0.318 e. The first-order valence-corrected chi connectivity index (χ1v) is 12.8. The third-order valence-electron chi connectivity index (χ3n) is 5.40. The summed E-state index contributed by atoms with van der Waals surface area (Å²) in [6.45, 7) is 2.39. The molecule has 0 atom stereocenters. The van der Waals surface area contributed by atoms with Crippen molar-refractivity contribution in [2.24, 2.45) is 0 Å². The largest absolute Gasteiger partial charge is 0.318 e. The molecule has 3 aromatic carbocycles. The van der Waals surface area contributed by atoms with Gasteiger partial charge in [0.2, 0.25) is 0 Å².